The summed E-state index contributed by atoms with van der Waals surface area (Å²) in [7, 11) is 0. The SMILES string of the molecule is CCCN(Cc1cc2cc(C)ccc2[nH]c1=O)C(=O)c1ccc([N+](=O)[O-])cc1. The third kappa shape index (κ3) is 4.09. The van der Waals surface area contributed by atoms with Crippen molar-refractivity contribution in [2.75, 3.05) is 6.54 Å². The molecule has 0 bridgehead atoms. The minimum absolute atomic E-state index is 0.0695. The number of non-ortho nitro benzene ring substituents is 1. The van der Waals surface area contributed by atoms with E-state index in [1.54, 1.807) is 4.90 Å². The number of rotatable bonds is 6. The summed E-state index contributed by atoms with van der Waals surface area (Å²) in [4.78, 5) is 40.1. The quantitative estimate of drug-likeness (QED) is 0.520. The van der Waals surface area contributed by atoms with Crippen molar-refractivity contribution in [2.45, 2.75) is 26.8 Å². The minimum atomic E-state index is -0.505. The van der Waals surface area contributed by atoms with Gasteiger partial charge in [0.25, 0.3) is 17.2 Å². The number of hydrogen-bond acceptors (Lipinski definition) is 4. The number of aryl methyl sites for hydroxylation is 1. The molecule has 144 valence electrons. The maximum absolute atomic E-state index is 12.9. The monoisotopic (exact) mass is 379 g/mol. The lowest BCUT2D eigenvalue weighted by molar-refractivity contribution is -0.384. The fraction of sp³-hybridized carbons (Fsp3) is 0.238. The van der Waals surface area contributed by atoms with Gasteiger partial charge in [0.05, 0.1) is 11.5 Å². The number of nitro groups is 1. The number of nitrogens with one attached hydrogen (secondary N) is 1. The van der Waals surface area contributed by atoms with Gasteiger partial charge in [0.15, 0.2) is 0 Å². The third-order valence-corrected chi connectivity index (χ3v) is 4.54. The molecule has 2 aromatic carbocycles. The van der Waals surface area contributed by atoms with E-state index in [-0.39, 0.29) is 23.7 Å². The first kappa shape index (κ1) is 19.3. The smallest absolute Gasteiger partial charge is 0.269 e. The zero-order valence-electron chi connectivity index (χ0n) is 15.8. The van der Waals surface area contributed by atoms with Crippen LogP contribution in [-0.4, -0.2) is 27.3 Å². The number of H-pyrrole nitrogens is 1. The van der Waals surface area contributed by atoms with Crippen LogP contribution in [0.15, 0.2) is 53.3 Å². The van der Waals surface area contributed by atoms with Gasteiger partial charge in [-0.25, -0.2) is 0 Å². The van der Waals surface area contributed by atoms with Crippen LogP contribution in [0.4, 0.5) is 5.69 Å². The molecule has 1 aromatic heterocycles. The lowest BCUT2D eigenvalue weighted by Gasteiger charge is -2.22. The van der Waals surface area contributed by atoms with Crippen LogP contribution in [0.3, 0.4) is 0 Å². The van der Waals surface area contributed by atoms with E-state index in [4.69, 9.17) is 0 Å². The molecule has 3 rings (SSSR count). The van der Waals surface area contributed by atoms with Crippen molar-refractivity contribution in [1.29, 1.82) is 0 Å². The molecule has 0 saturated heterocycles. The molecule has 0 fully saturated rings. The first-order valence-corrected chi connectivity index (χ1v) is 9.05. The van der Waals surface area contributed by atoms with Crippen LogP contribution < -0.4 is 5.56 Å². The summed E-state index contributed by atoms with van der Waals surface area (Å²) in [6.45, 7) is 4.57. The molecule has 7 nitrogen and oxygen atoms in total. The second-order valence-electron chi connectivity index (χ2n) is 6.75. The number of nitro benzene ring substituents is 1. The van der Waals surface area contributed by atoms with Crippen molar-refractivity contribution in [3.8, 4) is 0 Å². The number of hydrogen-bond donors (Lipinski definition) is 1. The molecular formula is C21H21N3O4. The Morgan fingerprint density at radius 3 is 2.50 bits per heavy atom. The third-order valence-electron chi connectivity index (χ3n) is 4.54. The van der Waals surface area contributed by atoms with E-state index < -0.39 is 4.92 Å². The van der Waals surface area contributed by atoms with Gasteiger partial charge in [0.2, 0.25) is 0 Å². The predicted octanol–water partition coefficient (Wildman–Crippen LogP) is 3.80. The molecular weight excluding hydrogens is 358 g/mol. The first-order valence-electron chi connectivity index (χ1n) is 9.05. The highest BCUT2D eigenvalue weighted by Gasteiger charge is 2.18. The summed E-state index contributed by atoms with van der Waals surface area (Å²) in [6, 6.07) is 13.1. The van der Waals surface area contributed by atoms with Crippen LogP contribution in [0.1, 0.15) is 34.8 Å². The Balaban J connectivity index is 1.91. The molecule has 7 heteroatoms. The number of aromatic amines is 1. The van der Waals surface area contributed by atoms with Crippen LogP contribution in [-0.2, 0) is 6.54 Å². The summed E-state index contributed by atoms with van der Waals surface area (Å²) < 4.78 is 0. The van der Waals surface area contributed by atoms with E-state index in [1.165, 1.54) is 24.3 Å². The fourth-order valence-electron chi connectivity index (χ4n) is 3.12. The Bertz CT molecular complexity index is 1090. The number of carbonyl (C=O) groups excluding carboxylic acids is 1. The molecule has 0 unspecified atom stereocenters. The predicted molar refractivity (Wildman–Crippen MR) is 107 cm³/mol. The number of aromatic nitrogens is 1. The van der Waals surface area contributed by atoms with E-state index in [9.17, 15) is 19.7 Å². The fourth-order valence-corrected chi connectivity index (χ4v) is 3.12. The second-order valence-corrected chi connectivity index (χ2v) is 6.75. The zero-order chi connectivity index (χ0) is 20.3. The summed E-state index contributed by atoms with van der Waals surface area (Å²) in [5, 5.41) is 11.7. The van der Waals surface area contributed by atoms with Gasteiger partial charge in [-0.3, -0.25) is 19.7 Å². The van der Waals surface area contributed by atoms with Gasteiger partial charge in [0.1, 0.15) is 0 Å². The van der Waals surface area contributed by atoms with Gasteiger partial charge in [-0.15, -0.1) is 0 Å². The summed E-state index contributed by atoms with van der Waals surface area (Å²) in [5.41, 5.74) is 2.39. The highest BCUT2D eigenvalue weighted by Crippen LogP contribution is 2.17. The molecule has 1 heterocycles. The Kier molecular flexibility index (Phi) is 5.54. The van der Waals surface area contributed by atoms with E-state index in [0.717, 1.165) is 22.9 Å². The molecule has 28 heavy (non-hydrogen) atoms. The van der Waals surface area contributed by atoms with Gasteiger partial charge >= 0.3 is 0 Å². The lowest BCUT2D eigenvalue weighted by Crippen LogP contribution is -2.33. The minimum Gasteiger partial charge on any atom is -0.334 e. The molecule has 0 aliphatic heterocycles. The molecule has 1 N–H and O–H groups in total. The van der Waals surface area contributed by atoms with Gasteiger partial charge in [-0.2, -0.15) is 0 Å². The van der Waals surface area contributed by atoms with Crippen molar-refractivity contribution in [3.63, 3.8) is 0 Å². The Morgan fingerprint density at radius 2 is 1.86 bits per heavy atom. The van der Waals surface area contributed by atoms with Gasteiger partial charge in [-0.1, -0.05) is 18.6 Å². The van der Waals surface area contributed by atoms with Gasteiger partial charge in [0, 0.05) is 35.3 Å². The normalized spacial score (nSPS) is 10.8. The van der Waals surface area contributed by atoms with E-state index in [0.29, 0.717) is 17.7 Å². The number of fused-ring (bicyclic) bond motifs is 1. The molecule has 0 spiro atoms. The Labute approximate surface area is 161 Å². The highest BCUT2D eigenvalue weighted by atomic mass is 16.6. The number of nitrogens with zero attached hydrogens (tertiary/aromatic N) is 2. The van der Waals surface area contributed by atoms with Crippen molar-refractivity contribution in [1.82, 2.24) is 9.88 Å². The average molecular weight is 379 g/mol. The van der Waals surface area contributed by atoms with Crippen molar-refractivity contribution in [2.24, 2.45) is 0 Å². The zero-order valence-corrected chi connectivity index (χ0v) is 15.8. The number of carbonyl (C=O) groups is 1. The standard InChI is InChI=1S/C21H21N3O4/c1-3-10-23(21(26)15-5-7-18(8-6-15)24(27)28)13-17-12-16-11-14(2)4-9-19(16)22-20(17)25/h4-9,11-12H,3,10,13H2,1-2H3,(H,22,25). The number of pyridine rings is 1. The van der Waals surface area contributed by atoms with Crippen LogP contribution in [0.5, 0.6) is 0 Å². The summed E-state index contributed by atoms with van der Waals surface area (Å²) in [6.07, 6.45) is 0.726. The maximum Gasteiger partial charge on any atom is 0.269 e. The summed E-state index contributed by atoms with van der Waals surface area (Å²) in [5.74, 6) is -0.263. The van der Waals surface area contributed by atoms with Crippen LogP contribution in [0.25, 0.3) is 10.9 Å². The lowest BCUT2D eigenvalue weighted by atomic mass is 10.1. The van der Waals surface area contributed by atoms with Crippen molar-refractivity contribution < 1.29 is 9.72 Å². The van der Waals surface area contributed by atoms with E-state index >= 15 is 0 Å². The molecule has 1 amide bonds. The summed E-state index contributed by atoms with van der Waals surface area (Å²) >= 11 is 0. The van der Waals surface area contributed by atoms with Crippen molar-refractivity contribution >= 4 is 22.5 Å². The molecule has 0 atom stereocenters. The molecule has 0 radical (unpaired) electrons. The maximum atomic E-state index is 12.9. The largest absolute Gasteiger partial charge is 0.334 e. The molecule has 0 saturated carbocycles. The van der Waals surface area contributed by atoms with Crippen LogP contribution >= 0.6 is 0 Å². The topological polar surface area (TPSA) is 96.3 Å². The van der Waals surface area contributed by atoms with Crippen LogP contribution in [0.2, 0.25) is 0 Å². The highest BCUT2D eigenvalue weighted by molar-refractivity contribution is 5.94. The van der Waals surface area contributed by atoms with E-state index in [2.05, 4.69) is 4.98 Å². The first-order chi connectivity index (χ1) is 13.4. The van der Waals surface area contributed by atoms with Gasteiger partial charge < -0.3 is 9.88 Å². The Morgan fingerprint density at radius 1 is 1.14 bits per heavy atom. The molecule has 0 aliphatic carbocycles. The average Bonchev–Trinajstić information content (AvgIpc) is 2.68. The van der Waals surface area contributed by atoms with E-state index in [1.807, 2.05) is 38.1 Å². The number of amides is 1. The van der Waals surface area contributed by atoms with Crippen LogP contribution in [0, 0.1) is 17.0 Å². The Hall–Kier alpha value is -3.48. The molecule has 0 aliphatic rings. The molecule has 3 aromatic rings. The van der Waals surface area contributed by atoms with Crippen molar-refractivity contribution in [3.05, 3.63) is 85.7 Å². The second kappa shape index (κ2) is 8.04. The number of benzene rings is 2. The van der Waals surface area contributed by atoms with Gasteiger partial charge in [-0.05, 0) is 49.1 Å².